The van der Waals surface area contributed by atoms with Crippen molar-refractivity contribution in [3.63, 3.8) is 0 Å². The van der Waals surface area contributed by atoms with Crippen molar-refractivity contribution in [3.05, 3.63) is 35.9 Å². The summed E-state index contributed by atoms with van der Waals surface area (Å²) < 4.78 is 0. The molecule has 0 aromatic heterocycles. The molecule has 0 radical (unpaired) electrons. The molecule has 3 rings (SSSR count). The molecule has 1 aliphatic heterocycles. The zero-order valence-electron chi connectivity index (χ0n) is 10.4. The lowest BCUT2D eigenvalue weighted by molar-refractivity contribution is -0.120. The highest BCUT2D eigenvalue weighted by Crippen LogP contribution is 2.26. The summed E-state index contributed by atoms with van der Waals surface area (Å²) in [6.45, 7) is 1.00. The van der Waals surface area contributed by atoms with Gasteiger partial charge in [-0.15, -0.1) is 0 Å². The minimum Gasteiger partial charge on any atom is -0.384 e. The van der Waals surface area contributed by atoms with Crippen LogP contribution in [0.4, 0.5) is 11.4 Å². The predicted molar refractivity (Wildman–Crippen MR) is 73.7 cm³/mol. The van der Waals surface area contributed by atoms with Gasteiger partial charge in [0.15, 0.2) is 0 Å². The van der Waals surface area contributed by atoms with Crippen molar-refractivity contribution in [2.45, 2.75) is 25.7 Å². The second-order valence-electron chi connectivity index (χ2n) is 5.02. The predicted octanol–water partition coefficient (Wildman–Crippen LogP) is 2.95. The topological polar surface area (TPSA) is 41.1 Å². The molecule has 1 amide bonds. The molecule has 1 aliphatic carbocycles. The van der Waals surface area contributed by atoms with Crippen LogP contribution in [0.2, 0.25) is 0 Å². The largest absolute Gasteiger partial charge is 0.384 e. The zero-order chi connectivity index (χ0) is 12.4. The third-order valence-corrected chi connectivity index (χ3v) is 3.72. The Kier molecular flexibility index (Phi) is 3.05. The summed E-state index contributed by atoms with van der Waals surface area (Å²) in [4.78, 5) is 12.1. The van der Waals surface area contributed by atoms with E-state index in [0.717, 1.165) is 37.9 Å². The molecule has 0 spiro atoms. The molecule has 1 aromatic rings. The van der Waals surface area contributed by atoms with Crippen molar-refractivity contribution in [2.75, 3.05) is 17.2 Å². The average Bonchev–Trinajstić information content (AvgIpc) is 2.87. The van der Waals surface area contributed by atoms with Gasteiger partial charge < -0.3 is 10.6 Å². The number of nitrogens with one attached hydrogen (secondary N) is 2. The van der Waals surface area contributed by atoms with Gasteiger partial charge in [0.05, 0.1) is 0 Å². The van der Waals surface area contributed by atoms with Crippen LogP contribution in [0.25, 0.3) is 0 Å². The molecule has 18 heavy (non-hydrogen) atoms. The molecule has 3 heteroatoms. The molecule has 1 unspecified atom stereocenters. The molecule has 0 fully saturated rings. The Labute approximate surface area is 107 Å². The van der Waals surface area contributed by atoms with Gasteiger partial charge in [0.1, 0.15) is 0 Å². The van der Waals surface area contributed by atoms with Crippen LogP contribution < -0.4 is 10.6 Å². The lowest BCUT2D eigenvalue weighted by Crippen LogP contribution is -2.23. The molecule has 1 heterocycles. The van der Waals surface area contributed by atoms with Gasteiger partial charge >= 0.3 is 0 Å². The number of hydrogen-bond acceptors (Lipinski definition) is 2. The Bertz CT molecular complexity index is 493. The first kappa shape index (κ1) is 11.3. The van der Waals surface area contributed by atoms with E-state index < -0.39 is 0 Å². The maximum atomic E-state index is 12.1. The van der Waals surface area contributed by atoms with Gasteiger partial charge in [-0.05, 0) is 49.4 Å². The van der Waals surface area contributed by atoms with Crippen LogP contribution in [0, 0.1) is 5.92 Å². The number of hydrogen-bond donors (Lipinski definition) is 2. The van der Waals surface area contributed by atoms with Crippen molar-refractivity contribution in [1.29, 1.82) is 0 Å². The first-order valence-corrected chi connectivity index (χ1v) is 6.65. The number of fused-ring (bicyclic) bond motifs is 1. The molecule has 1 atom stereocenters. The molecule has 0 bridgehead atoms. The molecule has 2 N–H and O–H groups in total. The normalized spacial score (nSPS) is 21.2. The quantitative estimate of drug-likeness (QED) is 0.783. The van der Waals surface area contributed by atoms with E-state index in [1.165, 1.54) is 11.3 Å². The second kappa shape index (κ2) is 4.84. The van der Waals surface area contributed by atoms with E-state index >= 15 is 0 Å². The summed E-state index contributed by atoms with van der Waals surface area (Å²) in [5.41, 5.74) is 3.43. The summed E-state index contributed by atoms with van der Waals surface area (Å²) in [5, 5.41) is 6.36. The fourth-order valence-corrected chi connectivity index (χ4v) is 2.66. The zero-order valence-corrected chi connectivity index (χ0v) is 10.4. The van der Waals surface area contributed by atoms with Crippen LogP contribution in [-0.2, 0) is 11.2 Å². The number of benzene rings is 1. The van der Waals surface area contributed by atoms with E-state index in [2.05, 4.69) is 34.9 Å². The maximum Gasteiger partial charge on any atom is 0.227 e. The Balaban J connectivity index is 1.68. The Hall–Kier alpha value is -1.77. The molecule has 0 saturated heterocycles. The van der Waals surface area contributed by atoms with Crippen LogP contribution in [-0.4, -0.2) is 12.5 Å². The molecular formula is C15H18N2O. The van der Waals surface area contributed by atoms with Crippen LogP contribution in [0.3, 0.4) is 0 Å². The van der Waals surface area contributed by atoms with Gasteiger partial charge in [-0.3, -0.25) is 4.79 Å². The number of anilines is 2. The first-order valence-electron chi connectivity index (χ1n) is 6.65. The molecule has 0 saturated carbocycles. The minimum atomic E-state index is 0.140. The fourth-order valence-electron chi connectivity index (χ4n) is 2.66. The summed E-state index contributed by atoms with van der Waals surface area (Å²) in [7, 11) is 0. The fraction of sp³-hybridized carbons (Fsp3) is 0.400. The van der Waals surface area contributed by atoms with Crippen molar-refractivity contribution >= 4 is 17.3 Å². The maximum absolute atomic E-state index is 12.1. The number of rotatable bonds is 2. The lowest BCUT2D eigenvalue weighted by atomic mass is 9.93. The van der Waals surface area contributed by atoms with Gasteiger partial charge in [0.2, 0.25) is 5.91 Å². The SMILES string of the molecule is O=C(Nc1ccc2c(c1)CCN2)C1CC=CCC1. The summed E-state index contributed by atoms with van der Waals surface area (Å²) in [6, 6.07) is 6.12. The van der Waals surface area contributed by atoms with E-state index in [4.69, 9.17) is 0 Å². The molecular weight excluding hydrogens is 224 g/mol. The van der Waals surface area contributed by atoms with Crippen LogP contribution >= 0.6 is 0 Å². The number of allylic oxidation sites excluding steroid dienone is 2. The van der Waals surface area contributed by atoms with Crippen molar-refractivity contribution < 1.29 is 4.79 Å². The third-order valence-electron chi connectivity index (χ3n) is 3.72. The third kappa shape index (κ3) is 2.26. The highest BCUT2D eigenvalue weighted by atomic mass is 16.1. The summed E-state index contributed by atoms with van der Waals surface area (Å²) in [6.07, 6.45) is 8.18. The van der Waals surface area contributed by atoms with E-state index in [-0.39, 0.29) is 11.8 Å². The summed E-state index contributed by atoms with van der Waals surface area (Å²) >= 11 is 0. The summed E-state index contributed by atoms with van der Waals surface area (Å²) in [5.74, 6) is 0.298. The first-order chi connectivity index (χ1) is 8.83. The Morgan fingerprint density at radius 2 is 2.28 bits per heavy atom. The van der Waals surface area contributed by atoms with Gasteiger partial charge in [-0.25, -0.2) is 0 Å². The van der Waals surface area contributed by atoms with Gasteiger partial charge in [0.25, 0.3) is 0 Å². The highest BCUT2D eigenvalue weighted by molar-refractivity contribution is 5.93. The Morgan fingerprint density at radius 1 is 1.33 bits per heavy atom. The number of carbonyl (C=O) groups is 1. The average molecular weight is 242 g/mol. The van der Waals surface area contributed by atoms with Crippen LogP contribution in [0.1, 0.15) is 24.8 Å². The molecule has 3 nitrogen and oxygen atoms in total. The highest BCUT2D eigenvalue weighted by Gasteiger charge is 2.19. The standard InChI is InChI=1S/C15H18N2O/c18-15(11-4-2-1-3-5-11)17-13-6-7-14-12(10-13)8-9-16-14/h1-2,6-7,10-11,16H,3-5,8-9H2,(H,17,18). The van der Waals surface area contributed by atoms with E-state index in [9.17, 15) is 4.79 Å². The van der Waals surface area contributed by atoms with Crippen molar-refractivity contribution in [1.82, 2.24) is 0 Å². The van der Waals surface area contributed by atoms with Crippen molar-refractivity contribution in [3.8, 4) is 0 Å². The van der Waals surface area contributed by atoms with Crippen molar-refractivity contribution in [2.24, 2.45) is 5.92 Å². The molecule has 94 valence electrons. The molecule has 1 aromatic carbocycles. The monoisotopic (exact) mass is 242 g/mol. The molecule has 2 aliphatic rings. The van der Waals surface area contributed by atoms with Gasteiger partial charge in [-0.2, -0.15) is 0 Å². The van der Waals surface area contributed by atoms with E-state index in [1.807, 2.05) is 6.07 Å². The number of carbonyl (C=O) groups excluding carboxylic acids is 1. The van der Waals surface area contributed by atoms with Crippen LogP contribution in [0.15, 0.2) is 30.4 Å². The smallest absolute Gasteiger partial charge is 0.227 e. The Morgan fingerprint density at radius 3 is 3.11 bits per heavy atom. The van der Waals surface area contributed by atoms with Gasteiger partial charge in [-0.1, -0.05) is 12.2 Å². The van der Waals surface area contributed by atoms with E-state index in [0.29, 0.717) is 0 Å². The van der Waals surface area contributed by atoms with Crippen LogP contribution in [0.5, 0.6) is 0 Å². The van der Waals surface area contributed by atoms with E-state index in [1.54, 1.807) is 0 Å². The van der Waals surface area contributed by atoms with Gasteiger partial charge in [0, 0.05) is 23.8 Å². The lowest BCUT2D eigenvalue weighted by Gasteiger charge is -2.17. The number of amides is 1. The second-order valence-corrected chi connectivity index (χ2v) is 5.02. The minimum absolute atomic E-state index is 0.140.